The van der Waals surface area contributed by atoms with Gasteiger partial charge < -0.3 is 10.4 Å². The summed E-state index contributed by atoms with van der Waals surface area (Å²) < 4.78 is 4.06. The molecule has 0 bridgehead atoms. The van der Waals surface area contributed by atoms with Crippen molar-refractivity contribution >= 4 is 11.5 Å². The number of β-amino-alcohol motifs (C(OH)–C–C–N with tert-alkyl or cyclic N) is 1. The quantitative estimate of drug-likeness (QED) is 0.731. The van der Waals surface area contributed by atoms with Crippen LogP contribution in [-0.4, -0.2) is 28.7 Å². The zero-order valence-electron chi connectivity index (χ0n) is 7.94. The third kappa shape index (κ3) is 2.64. The average molecular weight is 210 g/mol. The van der Waals surface area contributed by atoms with Crippen LogP contribution in [-0.2, 0) is 6.42 Å². The standard InChI is InChI=1S/C10H14N2OS/c13-9-5-8(6-11-7-9)1-2-10-3-4-12-14-10/h3-5,9,11,13H,1-2,6-7H2. The van der Waals surface area contributed by atoms with E-state index in [-0.39, 0.29) is 6.10 Å². The second kappa shape index (κ2) is 4.68. The van der Waals surface area contributed by atoms with Gasteiger partial charge in [-0.2, -0.15) is 0 Å². The van der Waals surface area contributed by atoms with Crippen LogP contribution in [0.1, 0.15) is 11.3 Å². The third-order valence-electron chi connectivity index (χ3n) is 2.32. The number of nitrogens with one attached hydrogen (secondary N) is 1. The molecule has 3 nitrogen and oxygen atoms in total. The smallest absolute Gasteiger partial charge is 0.0848 e. The summed E-state index contributed by atoms with van der Waals surface area (Å²) in [5.41, 5.74) is 1.30. The molecule has 1 aromatic heterocycles. The van der Waals surface area contributed by atoms with Gasteiger partial charge in [0, 0.05) is 24.2 Å². The summed E-state index contributed by atoms with van der Waals surface area (Å²) in [5.74, 6) is 0. The fourth-order valence-corrected chi connectivity index (χ4v) is 2.17. The predicted molar refractivity (Wildman–Crippen MR) is 57.4 cm³/mol. The van der Waals surface area contributed by atoms with Crippen LogP contribution >= 0.6 is 11.5 Å². The molecule has 76 valence electrons. The number of hydrogen-bond donors (Lipinski definition) is 2. The highest BCUT2D eigenvalue weighted by atomic mass is 32.1. The van der Waals surface area contributed by atoms with Crippen LogP contribution in [0, 0.1) is 0 Å². The molecule has 1 unspecified atom stereocenters. The number of aliphatic hydroxyl groups is 1. The van der Waals surface area contributed by atoms with Gasteiger partial charge in [0.1, 0.15) is 0 Å². The van der Waals surface area contributed by atoms with Gasteiger partial charge in [-0.15, -0.1) is 0 Å². The minimum atomic E-state index is -0.305. The van der Waals surface area contributed by atoms with Crippen LogP contribution in [0.15, 0.2) is 23.9 Å². The largest absolute Gasteiger partial charge is 0.388 e. The Bertz CT molecular complexity index is 308. The van der Waals surface area contributed by atoms with Gasteiger partial charge in [-0.05, 0) is 30.4 Å². The molecule has 0 spiro atoms. The van der Waals surface area contributed by atoms with Crippen molar-refractivity contribution in [1.82, 2.24) is 9.69 Å². The summed E-state index contributed by atoms with van der Waals surface area (Å²) in [4.78, 5) is 1.31. The number of aromatic nitrogens is 1. The lowest BCUT2D eigenvalue weighted by atomic mass is 10.0. The molecule has 4 heteroatoms. The van der Waals surface area contributed by atoms with Crippen molar-refractivity contribution in [2.24, 2.45) is 0 Å². The topological polar surface area (TPSA) is 45.2 Å². The van der Waals surface area contributed by atoms with Crippen molar-refractivity contribution in [2.75, 3.05) is 13.1 Å². The summed E-state index contributed by atoms with van der Waals surface area (Å²) in [6.45, 7) is 1.60. The Labute approximate surface area is 87.6 Å². The molecule has 0 saturated heterocycles. The van der Waals surface area contributed by atoms with Gasteiger partial charge in [-0.25, -0.2) is 4.37 Å². The van der Waals surface area contributed by atoms with E-state index in [1.807, 2.05) is 12.3 Å². The van der Waals surface area contributed by atoms with E-state index in [9.17, 15) is 5.11 Å². The van der Waals surface area contributed by atoms with Crippen molar-refractivity contribution in [1.29, 1.82) is 0 Å². The first kappa shape index (κ1) is 9.83. The molecule has 2 rings (SSSR count). The second-order valence-electron chi connectivity index (χ2n) is 3.50. The molecule has 0 aliphatic carbocycles. The summed E-state index contributed by atoms with van der Waals surface area (Å²) in [6, 6.07) is 2.05. The molecule has 1 aliphatic rings. The zero-order valence-corrected chi connectivity index (χ0v) is 8.76. The highest BCUT2D eigenvalue weighted by Crippen LogP contribution is 2.13. The molecule has 2 heterocycles. The minimum Gasteiger partial charge on any atom is -0.388 e. The maximum absolute atomic E-state index is 9.39. The average Bonchev–Trinajstić information content (AvgIpc) is 2.67. The van der Waals surface area contributed by atoms with E-state index in [0.717, 1.165) is 19.4 Å². The first-order valence-electron chi connectivity index (χ1n) is 4.82. The Balaban J connectivity index is 1.86. The Morgan fingerprint density at radius 1 is 1.57 bits per heavy atom. The Kier molecular flexibility index (Phi) is 3.29. The van der Waals surface area contributed by atoms with Crippen molar-refractivity contribution in [3.63, 3.8) is 0 Å². The molecular formula is C10H14N2OS. The number of rotatable bonds is 3. The van der Waals surface area contributed by atoms with Gasteiger partial charge >= 0.3 is 0 Å². The van der Waals surface area contributed by atoms with Crippen molar-refractivity contribution in [2.45, 2.75) is 18.9 Å². The Morgan fingerprint density at radius 3 is 3.21 bits per heavy atom. The van der Waals surface area contributed by atoms with Crippen molar-refractivity contribution < 1.29 is 5.11 Å². The van der Waals surface area contributed by atoms with Crippen molar-refractivity contribution in [3.8, 4) is 0 Å². The molecule has 1 aromatic rings. The van der Waals surface area contributed by atoms with Gasteiger partial charge in [-0.3, -0.25) is 0 Å². The fourth-order valence-electron chi connectivity index (χ4n) is 1.60. The highest BCUT2D eigenvalue weighted by Gasteiger charge is 2.09. The molecular weight excluding hydrogens is 196 g/mol. The SMILES string of the molecule is OC1C=C(CCc2ccns2)CNC1. The Hall–Kier alpha value is -0.710. The first-order chi connectivity index (χ1) is 6.84. The fraction of sp³-hybridized carbons (Fsp3) is 0.500. The lowest BCUT2D eigenvalue weighted by molar-refractivity contribution is 0.212. The van der Waals surface area contributed by atoms with Gasteiger partial charge in [0.15, 0.2) is 0 Å². The predicted octanol–water partition coefficient (Wildman–Crippen LogP) is 0.966. The van der Waals surface area contributed by atoms with Crippen molar-refractivity contribution in [3.05, 3.63) is 28.8 Å². The molecule has 0 saturated carbocycles. The summed E-state index contributed by atoms with van der Waals surface area (Å²) in [5, 5.41) is 12.6. The van der Waals surface area contributed by atoms with Crippen LogP contribution in [0.5, 0.6) is 0 Å². The lowest BCUT2D eigenvalue weighted by Crippen LogP contribution is -2.32. The Morgan fingerprint density at radius 2 is 2.50 bits per heavy atom. The number of nitrogens with zero attached hydrogens (tertiary/aromatic N) is 1. The molecule has 0 fully saturated rings. The summed E-state index contributed by atoms with van der Waals surface area (Å²) in [6.07, 6.45) is 5.55. The van der Waals surface area contributed by atoms with Crippen LogP contribution in [0.2, 0.25) is 0 Å². The van der Waals surface area contributed by atoms with Crippen LogP contribution in [0.3, 0.4) is 0 Å². The third-order valence-corrected chi connectivity index (χ3v) is 3.12. The van der Waals surface area contributed by atoms with E-state index in [0.29, 0.717) is 6.54 Å². The first-order valence-corrected chi connectivity index (χ1v) is 5.60. The zero-order chi connectivity index (χ0) is 9.80. The molecule has 2 N–H and O–H groups in total. The van der Waals surface area contributed by atoms with Gasteiger partial charge in [-0.1, -0.05) is 11.6 Å². The lowest BCUT2D eigenvalue weighted by Gasteiger charge is -2.18. The molecule has 14 heavy (non-hydrogen) atoms. The normalized spacial score (nSPS) is 22.1. The minimum absolute atomic E-state index is 0.305. The number of aryl methyl sites for hydroxylation is 1. The monoisotopic (exact) mass is 210 g/mol. The van der Waals surface area contributed by atoms with Gasteiger partial charge in [0.25, 0.3) is 0 Å². The van der Waals surface area contributed by atoms with Gasteiger partial charge in [0.05, 0.1) is 6.10 Å². The van der Waals surface area contributed by atoms with E-state index in [1.54, 1.807) is 11.5 Å². The summed E-state index contributed by atoms with van der Waals surface area (Å²) in [7, 11) is 0. The van der Waals surface area contributed by atoms with E-state index in [2.05, 4.69) is 15.8 Å². The second-order valence-corrected chi connectivity index (χ2v) is 4.42. The number of aliphatic hydroxyl groups excluding tert-OH is 1. The van der Waals surface area contributed by atoms with E-state index >= 15 is 0 Å². The van der Waals surface area contributed by atoms with Crippen LogP contribution in [0.4, 0.5) is 0 Å². The molecule has 1 aliphatic heterocycles. The maximum Gasteiger partial charge on any atom is 0.0848 e. The molecule has 1 atom stereocenters. The van der Waals surface area contributed by atoms with Crippen LogP contribution in [0.25, 0.3) is 0 Å². The van der Waals surface area contributed by atoms with E-state index in [1.165, 1.54) is 10.5 Å². The van der Waals surface area contributed by atoms with Gasteiger partial charge in [0.2, 0.25) is 0 Å². The molecule has 0 aromatic carbocycles. The van der Waals surface area contributed by atoms with Crippen LogP contribution < -0.4 is 5.32 Å². The molecule has 0 amide bonds. The highest BCUT2D eigenvalue weighted by molar-refractivity contribution is 7.05. The summed E-state index contributed by atoms with van der Waals surface area (Å²) >= 11 is 1.55. The number of hydrogen-bond acceptors (Lipinski definition) is 4. The van der Waals surface area contributed by atoms with E-state index in [4.69, 9.17) is 0 Å². The molecule has 0 radical (unpaired) electrons. The van der Waals surface area contributed by atoms with E-state index < -0.39 is 0 Å². The maximum atomic E-state index is 9.39.